The fourth-order valence-corrected chi connectivity index (χ4v) is 3.22. The number of carbonyl (C=O) groups is 1. The van der Waals surface area contributed by atoms with Gasteiger partial charge in [-0.25, -0.2) is 4.79 Å². The molecule has 24 heavy (non-hydrogen) atoms. The second-order valence-corrected chi connectivity index (χ2v) is 6.07. The Morgan fingerprint density at radius 1 is 1.42 bits per heavy atom. The van der Waals surface area contributed by atoms with Gasteiger partial charge < -0.3 is 4.74 Å². The van der Waals surface area contributed by atoms with Crippen molar-refractivity contribution in [1.29, 1.82) is 0 Å². The van der Waals surface area contributed by atoms with Crippen molar-refractivity contribution >= 4 is 12.0 Å². The molecule has 0 radical (unpaired) electrons. The van der Waals surface area contributed by atoms with Crippen molar-refractivity contribution in [2.45, 2.75) is 25.3 Å². The van der Waals surface area contributed by atoms with Crippen LogP contribution in [-0.4, -0.2) is 41.3 Å². The van der Waals surface area contributed by atoms with E-state index in [1.165, 1.54) is 37.2 Å². The molecule has 1 aliphatic rings. The van der Waals surface area contributed by atoms with Crippen molar-refractivity contribution in [3.63, 3.8) is 0 Å². The molecule has 1 aliphatic heterocycles. The number of benzene rings is 1. The van der Waals surface area contributed by atoms with Gasteiger partial charge in [0.25, 0.3) is 0 Å². The van der Waals surface area contributed by atoms with Crippen LogP contribution in [0.25, 0.3) is 6.08 Å². The Labute approximate surface area is 142 Å². The molecule has 0 amide bonds. The molecule has 0 saturated carbocycles. The lowest BCUT2D eigenvalue weighted by molar-refractivity contribution is -0.134. The molecule has 1 saturated heterocycles. The summed E-state index contributed by atoms with van der Waals surface area (Å²) >= 11 is 0. The first-order valence-corrected chi connectivity index (χ1v) is 8.34. The normalized spacial score (nSPS) is 18.3. The predicted octanol–water partition coefficient (Wildman–Crippen LogP) is 2.98. The van der Waals surface area contributed by atoms with Crippen molar-refractivity contribution in [2.75, 3.05) is 20.2 Å². The Hall–Kier alpha value is -2.40. The number of aromatic nitrogens is 2. The Bertz CT molecular complexity index is 677. The van der Waals surface area contributed by atoms with E-state index in [2.05, 4.69) is 44.1 Å². The van der Waals surface area contributed by atoms with Gasteiger partial charge in [0.1, 0.15) is 0 Å². The van der Waals surface area contributed by atoms with E-state index in [1.54, 1.807) is 6.08 Å². The topological polar surface area (TPSA) is 58.2 Å². The van der Waals surface area contributed by atoms with Crippen molar-refractivity contribution in [1.82, 2.24) is 15.1 Å². The molecule has 0 spiro atoms. The van der Waals surface area contributed by atoms with Crippen LogP contribution in [0.15, 0.2) is 42.7 Å². The zero-order chi connectivity index (χ0) is 16.8. The van der Waals surface area contributed by atoms with E-state index in [0.29, 0.717) is 6.04 Å². The molecule has 5 nitrogen and oxygen atoms in total. The predicted molar refractivity (Wildman–Crippen MR) is 93.3 cm³/mol. The number of carbonyl (C=O) groups excluding carboxylic acids is 1. The number of hydrogen-bond acceptors (Lipinski definition) is 4. The molecular weight excluding hydrogens is 302 g/mol. The Balaban J connectivity index is 1.62. The van der Waals surface area contributed by atoms with Gasteiger partial charge in [0, 0.05) is 24.9 Å². The fourth-order valence-electron chi connectivity index (χ4n) is 3.22. The van der Waals surface area contributed by atoms with Crippen LogP contribution >= 0.6 is 0 Å². The highest BCUT2D eigenvalue weighted by molar-refractivity contribution is 5.86. The summed E-state index contributed by atoms with van der Waals surface area (Å²) in [6.45, 7) is 2.20. The van der Waals surface area contributed by atoms with Gasteiger partial charge in [-0.1, -0.05) is 24.3 Å². The SMILES string of the molecule is COC(=O)C=Cc1ccc([C@@H]2CCCN2CCc2cn[nH]c2)cc1. The number of H-pyrrole nitrogens is 1. The lowest BCUT2D eigenvalue weighted by atomic mass is 10.0. The van der Waals surface area contributed by atoms with Crippen molar-refractivity contribution in [3.8, 4) is 0 Å². The first kappa shape index (κ1) is 16.5. The van der Waals surface area contributed by atoms with Gasteiger partial charge in [0.2, 0.25) is 0 Å². The molecule has 1 N–H and O–H groups in total. The summed E-state index contributed by atoms with van der Waals surface area (Å²) < 4.78 is 4.61. The third-order valence-electron chi connectivity index (χ3n) is 4.54. The van der Waals surface area contributed by atoms with Crippen LogP contribution in [0, 0.1) is 0 Å². The number of nitrogens with one attached hydrogen (secondary N) is 1. The summed E-state index contributed by atoms with van der Waals surface area (Å²) in [4.78, 5) is 13.7. The van der Waals surface area contributed by atoms with E-state index in [1.807, 2.05) is 12.4 Å². The van der Waals surface area contributed by atoms with Crippen molar-refractivity contribution < 1.29 is 9.53 Å². The molecule has 1 fully saturated rings. The monoisotopic (exact) mass is 325 g/mol. The van der Waals surface area contributed by atoms with Crippen LogP contribution in [0.1, 0.15) is 35.6 Å². The molecule has 0 aliphatic carbocycles. The number of methoxy groups -OCH3 is 1. The molecule has 0 unspecified atom stereocenters. The molecule has 1 aromatic carbocycles. The minimum absolute atomic E-state index is 0.333. The molecule has 0 bridgehead atoms. The average molecular weight is 325 g/mol. The Morgan fingerprint density at radius 3 is 2.96 bits per heavy atom. The second-order valence-electron chi connectivity index (χ2n) is 6.07. The summed E-state index contributed by atoms with van der Waals surface area (Å²) in [5.74, 6) is -0.333. The minimum Gasteiger partial charge on any atom is -0.466 e. The number of rotatable bonds is 6. The second kappa shape index (κ2) is 7.93. The van der Waals surface area contributed by atoms with Crippen LogP contribution in [0.3, 0.4) is 0 Å². The van der Waals surface area contributed by atoms with E-state index < -0.39 is 0 Å². The van der Waals surface area contributed by atoms with E-state index in [4.69, 9.17) is 0 Å². The first-order valence-electron chi connectivity index (χ1n) is 8.34. The van der Waals surface area contributed by atoms with Crippen LogP contribution in [0.5, 0.6) is 0 Å². The first-order chi connectivity index (χ1) is 11.8. The molecule has 1 atom stereocenters. The number of esters is 1. The number of hydrogen-bond donors (Lipinski definition) is 1. The zero-order valence-electron chi connectivity index (χ0n) is 13.9. The standard InChI is InChI=1S/C19H23N3O2/c1-24-19(23)9-6-15-4-7-17(8-5-15)18-3-2-11-22(18)12-10-16-13-20-21-14-16/h4-9,13-14,18H,2-3,10-12H2,1H3,(H,20,21)/t18-/m0/s1. The lowest BCUT2D eigenvalue weighted by Crippen LogP contribution is -2.25. The summed E-state index contributed by atoms with van der Waals surface area (Å²) in [5.41, 5.74) is 3.60. The summed E-state index contributed by atoms with van der Waals surface area (Å²) in [6.07, 6.45) is 10.5. The van der Waals surface area contributed by atoms with Gasteiger partial charge in [-0.15, -0.1) is 0 Å². The lowest BCUT2D eigenvalue weighted by Gasteiger charge is -2.24. The van der Waals surface area contributed by atoms with Gasteiger partial charge in [-0.3, -0.25) is 10.00 Å². The van der Waals surface area contributed by atoms with Crippen LogP contribution in [0.2, 0.25) is 0 Å². The summed E-state index contributed by atoms with van der Waals surface area (Å²) in [6, 6.07) is 8.92. The van der Waals surface area contributed by atoms with E-state index in [9.17, 15) is 4.79 Å². The quantitative estimate of drug-likeness (QED) is 0.655. The maximum atomic E-state index is 11.2. The number of likely N-dealkylation sites (tertiary alicyclic amines) is 1. The van der Waals surface area contributed by atoms with E-state index in [-0.39, 0.29) is 5.97 Å². The third-order valence-corrected chi connectivity index (χ3v) is 4.54. The highest BCUT2D eigenvalue weighted by Gasteiger charge is 2.25. The molecule has 2 heterocycles. The minimum atomic E-state index is -0.333. The van der Waals surface area contributed by atoms with Gasteiger partial charge in [-0.05, 0) is 48.6 Å². The zero-order valence-corrected chi connectivity index (χ0v) is 13.9. The molecule has 1 aromatic heterocycles. The van der Waals surface area contributed by atoms with E-state index in [0.717, 1.165) is 25.1 Å². The number of nitrogens with zero attached hydrogens (tertiary/aromatic N) is 2. The Kier molecular flexibility index (Phi) is 5.43. The smallest absolute Gasteiger partial charge is 0.330 e. The molecular formula is C19H23N3O2. The highest BCUT2D eigenvalue weighted by Crippen LogP contribution is 2.32. The van der Waals surface area contributed by atoms with Gasteiger partial charge in [-0.2, -0.15) is 5.10 Å². The Morgan fingerprint density at radius 2 is 2.25 bits per heavy atom. The maximum Gasteiger partial charge on any atom is 0.330 e. The third kappa shape index (κ3) is 4.11. The highest BCUT2D eigenvalue weighted by atomic mass is 16.5. The van der Waals surface area contributed by atoms with Gasteiger partial charge >= 0.3 is 5.97 Å². The molecule has 2 aromatic rings. The van der Waals surface area contributed by atoms with Gasteiger partial charge in [0.05, 0.1) is 13.3 Å². The average Bonchev–Trinajstić information content (AvgIpc) is 3.29. The fraction of sp³-hybridized carbons (Fsp3) is 0.368. The summed E-state index contributed by atoms with van der Waals surface area (Å²) in [5, 5.41) is 6.88. The van der Waals surface area contributed by atoms with Crippen molar-refractivity contribution in [3.05, 3.63) is 59.4 Å². The number of aromatic amines is 1. The van der Waals surface area contributed by atoms with Crippen LogP contribution in [0.4, 0.5) is 0 Å². The molecule has 3 rings (SSSR count). The molecule has 126 valence electrons. The number of ether oxygens (including phenoxy) is 1. The van der Waals surface area contributed by atoms with Crippen molar-refractivity contribution in [2.24, 2.45) is 0 Å². The van der Waals surface area contributed by atoms with Gasteiger partial charge in [0.15, 0.2) is 0 Å². The van der Waals surface area contributed by atoms with Crippen LogP contribution in [-0.2, 0) is 16.0 Å². The maximum absolute atomic E-state index is 11.2. The molecule has 5 heteroatoms. The summed E-state index contributed by atoms with van der Waals surface area (Å²) in [7, 11) is 1.38. The van der Waals surface area contributed by atoms with E-state index >= 15 is 0 Å². The van der Waals surface area contributed by atoms with Crippen LogP contribution < -0.4 is 0 Å². The largest absolute Gasteiger partial charge is 0.466 e.